The van der Waals surface area contributed by atoms with Gasteiger partial charge in [-0.3, -0.25) is 4.79 Å². The number of fused-ring (bicyclic) bond motifs is 1. The SMILES string of the molecule is CC(=O)Nc1ccc2oc(C)c(C)c2c1. The molecule has 0 saturated heterocycles. The molecule has 1 heterocycles. The molecule has 1 aromatic carbocycles. The predicted octanol–water partition coefficient (Wildman–Crippen LogP) is 3.01. The normalized spacial score (nSPS) is 10.6. The Balaban J connectivity index is 2.54. The average molecular weight is 203 g/mol. The second-order valence-electron chi connectivity index (χ2n) is 3.68. The van der Waals surface area contributed by atoms with Gasteiger partial charge in [-0.05, 0) is 37.6 Å². The molecular formula is C12H13NO2. The maximum atomic E-state index is 10.9. The van der Waals surface area contributed by atoms with Gasteiger partial charge in [0.1, 0.15) is 11.3 Å². The van der Waals surface area contributed by atoms with Crippen LogP contribution in [0.2, 0.25) is 0 Å². The van der Waals surface area contributed by atoms with Gasteiger partial charge in [0.05, 0.1) is 0 Å². The van der Waals surface area contributed by atoms with Crippen LogP contribution in [0.1, 0.15) is 18.2 Å². The molecule has 2 aromatic rings. The monoisotopic (exact) mass is 203 g/mol. The van der Waals surface area contributed by atoms with E-state index in [9.17, 15) is 4.79 Å². The van der Waals surface area contributed by atoms with Crippen LogP contribution in [0.15, 0.2) is 22.6 Å². The van der Waals surface area contributed by atoms with Crippen molar-refractivity contribution in [1.82, 2.24) is 0 Å². The maximum absolute atomic E-state index is 10.9. The molecule has 15 heavy (non-hydrogen) atoms. The lowest BCUT2D eigenvalue weighted by Crippen LogP contribution is -2.05. The molecule has 0 aliphatic heterocycles. The van der Waals surface area contributed by atoms with E-state index in [-0.39, 0.29) is 5.91 Å². The Bertz CT molecular complexity index is 526. The number of nitrogens with one attached hydrogen (secondary N) is 1. The minimum atomic E-state index is -0.0628. The molecule has 2 rings (SSSR count). The lowest BCUT2D eigenvalue weighted by Gasteiger charge is -2.00. The molecule has 0 bridgehead atoms. The summed E-state index contributed by atoms with van der Waals surface area (Å²) in [7, 11) is 0. The minimum Gasteiger partial charge on any atom is -0.461 e. The van der Waals surface area contributed by atoms with Crippen molar-refractivity contribution < 1.29 is 9.21 Å². The van der Waals surface area contributed by atoms with E-state index in [0.717, 1.165) is 28.0 Å². The van der Waals surface area contributed by atoms with Crippen molar-refractivity contribution in [3.8, 4) is 0 Å². The number of amides is 1. The number of carbonyl (C=O) groups excluding carboxylic acids is 1. The zero-order chi connectivity index (χ0) is 11.0. The van der Waals surface area contributed by atoms with E-state index in [0.29, 0.717) is 0 Å². The van der Waals surface area contributed by atoms with Gasteiger partial charge in [-0.2, -0.15) is 0 Å². The summed E-state index contributed by atoms with van der Waals surface area (Å²) in [5.74, 6) is 0.859. The molecule has 1 N–H and O–H groups in total. The first-order chi connectivity index (χ1) is 7.08. The van der Waals surface area contributed by atoms with Crippen LogP contribution in [0.4, 0.5) is 5.69 Å². The molecule has 3 heteroatoms. The van der Waals surface area contributed by atoms with E-state index in [1.165, 1.54) is 6.92 Å². The highest BCUT2D eigenvalue weighted by Gasteiger charge is 2.07. The Morgan fingerprint density at radius 1 is 1.33 bits per heavy atom. The fraction of sp³-hybridized carbons (Fsp3) is 0.250. The first-order valence-electron chi connectivity index (χ1n) is 4.85. The fourth-order valence-electron chi connectivity index (χ4n) is 1.62. The number of carbonyl (C=O) groups is 1. The zero-order valence-corrected chi connectivity index (χ0v) is 9.05. The summed E-state index contributed by atoms with van der Waals surface area (Å²) >= 11 is 0. The molecule has 1 amide bonds. The molecule has 0 fully saturated rings. The van der Waals surface area contributed by atoms with Crippen molar-refractivity contribution in [2.24, 2.45) is 0 Å². The van der Waals surface area contributed by atoms with Crippen molar-refractivity contribution in [2.75, 3.05) is 5.32 Å². The van der Waals surface area contributed by atoms with Gasteiger partial charge in [-0.15, -0.1) is 0 Å². The average Bonchev–Trinajstić information content (AvgIpc) is 2.43. The number of aryl methyl sites for hydroxylation is 2. The second kappa shape index (κ2) is 3.42. The summed E-state index contributed by atoms with van der Waals surface area (Å²) in [6.07, 6.45) is 0. The number of benzene rings is 1. The van der Waals surface area contributed by atoms with Gasteiger partial charge in [0.25, 0.3) is 0 Å². The number of rotatable bonds is 1. The lowest BCUT2D eigenvalue weighted by atomic mass is 10.1. The Kier molecular flexibility index (Phi) is 2.23. The molecule has 0 radical (unpaired) electrons. The summed E-state index contributed by atoms with van der Waals surface area (Å²) in [5, 5.41) is 3.81. The van der Waals surface area contributed by atoms with Gasteiger partial charge >= 0.3 is 0 Å². The first-order valence-corrected chi connectivity index (χ1v) is 4.85. The van der Waals surface area contributed by atoms with Crippen LogP contribution in [0.3, 0.4) is 0 Å². The number of hydrogen-bond donors (Lipinski definition) is 1. The number of furan rings is 1. The largest absolute Gasteiger partial charge is 0.461 e. The van der Waals surface area contributed by atoms with Crippen LogP contribution in [0.25, 0.3) is 11.0 Å². The molecule has 1 aromatic heterocycles. The van der Waals surface area contributed by atoms with E-state index in [4.69, 9.17) is 4.42 Å². The fourth-order valence-corrected chi connectivity index (χ4v) is 1.62. The topological polar surface area (TPSA) is 42.2 Å². The number of hydrogen-bond acceptors (Lipinski definition) is 2. The van der Waals surface area contributed by atoms with Crippen LogP contribution < -0.4 is 5.32 Å². The lowest BCUT2D eigenvalue weighted by molar-refractivity contribution is -0.114. The molecule has 0 aliphatic rings. The smallest absolute Gasteiger partial charge is 0.221 e. The van der Waals surface area contributed by atoms with Crippen molar-refractivity contribution in [2.45, 2.75) is 20.8 Å². The van der Waals surface area contributed by atoms with Crippen LogP contribution in [0, 0.1) is 13.8 Å². The Labute approximate surface area is 88.1 Å². The maximum Gasteiger partial charge on any atom is 0.221 e. The molecular weight excluding hydrogens is 190 g/mol. The summed E-state index contributed by atoms with van der Waals surface area (Å²) in [4.78, 5) is 10.9. The van der Waals surface area contributed by atoms with Crippen LogP contribution >= 0.6 is 0 Å². The van der Waals surface area contributed by atoms with Gasteiger partial charge in [0.2, 0.25) is 5.91 Å². The van der Waals surface area contributed by atoms with Crippen molar-refractivity contribution >= 4 is 22.6 Å². The first kappa shape index (κ1) is 9.77. The van der Waals surface area contributed by atoms with Gasteiger partial charge < -0.3 is 9.73 Å². The van der Waals surface area contributed by atoms with E-state index in [1.54, 1.807) is 0 Å². The summed E-state index contributed by atoms with van der Waals surface area (Å²) in [5.41, 5.74) is 2.79. The van der Waals surface area contributed by atoms with Crippen LogP contribution in [-0.4, -0.2) is 5.91 Å². The summed E-state index contributed by atoms with van der Waals surface area (Å²) < 4.78 is 5.55. The zero-order valence-electron chi connectivity index (χ0n) is 9.05. The molecule has 0 atom stereocenters. The van der Waals surface area contributed by atoms with E-state index >= 15 is 0 Å². The van der Waals surface area contributed by atoms with Gasteiger partial charge in [-0.25, -0.2) is 0 Å². The van der Waals surface area contributed by atoms with Crippen LogP contribution in [-0.2, 0) is 4.79 Å². The van der Waals surface area contributed by atoms with Gasteiger partial charge in [-0.1, -0.05) is 0 Å². The van der Waals surface area contributed by atoms with E-state index < -0.39 is 0 Å². The predicted molar refractivity (Wildman–Crippen MR) is 60.0 cm³/mol. The van der Waals surface area contributed by atoms with Crippen LogP contribution in [0.5, 0.6) is 0 Å². The van der Waals surface area contributed by atoms with Gasteiger partial charge in [0.15, 0.2) is 0 Å². The second-order valence-corrected chi connectivity index (χ2v) is 3.68. The van der Waals surface area contributed by atoms with Crippen molar-refractivity contribution in [1.29, 1.82) is 0 Å². The van der Waals surface area contributed by atoms with E-state index in [2.05, 4.69) is 5.32 Å². The highest BCUT2D eigenvalue weighted by atomic mass is 16.3. The third-order valence-corrected chi connectivity index (χ3v) is 2.50. The molecule has 3 nitrogen and oxygen atoms in total. The quantitative estimate of drug-likeness (QED) is 0.774. The van der Waals surface area contributed by atoms with E-state index in [1.807, 2.05) is 32.0 Å². The Hall–Kier alpha value is -1.77. The molecule has 0 unspecified atom stereocenters. The third-order valence-electron chi connectivity index (χ3n) is 2.50. The third kappa shape index (κ3) is 1.73. The molecule has 0 saturated carbocycles. The van der Waals surface area contributed by atoms with Crippen molar-refractivity contribution in [3.05, 3.63) is 29.5 Å². The molecule has 0 spiro atoms. The Morgan fingerprint density at radius 2 is 2.07 bits per heavy atom. The number of anilines is 1. The Morgan fingerprint density at radius 3 is 2.73 bits per heavy atom. The highest BCUT2D eigenvalue weighted by molar-refractivity contribution is 5.93. The molecule has 78 valence electrons. The summed E-state index contributed by atoms with van der Waals surface area (Å²) in [6.45, 7) is 5.45. The van der Waals surface area contributed by atoms with Gasteiger partial charge in [0, 0.05) is 18.0 Å². The highest BCUT2D eigenvalue weighted by Crippen LogP contribution is 2.27. The summed E-state index contributed by atoms with van der Waals surface area (Å²) in [6, 6.07) is 5.65. The minimum absolute atomic E-state index is 0.0628. The van der Waals surface area contributed by atoms with Crippen molar-refractivity contribution in [3.63, 3.8) is 0 Å². The standard InChI is InChI=1S/C12H13NO2/c1-7-8(2)15-12-5-4-10(6-11(7)12)13-9(3)14/h4-6H,1-3H3,(H,13,14). The molecule has 0 aliphatic carbocycles.